The van der Waals surface area contributed by atoms with Crippen molar-refractivity contribution in [1.82, 2.24) is 9.21 Å². The van der Waals surface area contributed by atoms with Gasteiger partial charge in [0.05, 0.1) is 4.92 Å². The number of carboxylic acid groups (broad SMARTS) is 2. The van der Waals surface area contributed by atoms with Crippen LogP contribution >= 0.6 is 11.6 Å². The summed E-state index contributed by atoms with van der Waals surface area (Å²) < 4.78 is 26.9. The topological polar surface area (TPSA) is 158 Å². The maximum atomic E-state index is 12.8. The van der Waals surface area contributed by atoms with Gasteiger partial charge in [-0.15, -0.1) is 0 Å². The molecule has 1 aliphatic rings. The van der Waals surface area contributed by atoms with E-state index < -0.39 is 32.6 Å². The number of carbonyl (C=O) groups is 2. The first-order valence-electron chi connectivity index (χ1n) is 9.19. The molecule has 0 amide bonds. The molecule has 0 aliphatic carbocycles. The van der Waals surface area contributed by atoms with Crippen LogP contribution in [0.5, 0.6) is 0 Å². The third-order valence-corrected chi connectivity index (χ3v) is 6.86. The van der Waals surface area contributed by atoms with Crippen LogP contribution in [0.1, 0.15) is 5.56 Å². The van der Waals surface area contributed by atoms with Gasteiger partial charge in [0.1, 0.15) is 0 Å². The minimum Gasteiger partial charge on any atom is -0.473 e. The molecular formula is C19H20ClN3O8S. The van der Waals surface area contributed by atoms with Crippen LogP contribution in [0.25, 0.3) is 0 Å². The van der Waals surface area contributed by atoms with Gasteiger partial charge in [-0.2, -0.15) is 4.31 Å². The van der Waals surface area contributed by atoms with Crippen molar-refractivity contribution in [1.29, 1.82) is 0 Å². The third kappa shape index (κ3) is 6.47. The fourth-order valence-corrected chi connectivity index (χ4v) is 4.74. The molecule has 2 aromatic carbocycles. The summed E-state index contributed by atoms with van der Waals surface area (Å²) in [5.74, 6) is -3.65. The fraction of sp³-hybridized carbons (Fsp3) is 0.263. The van der Waals surface area contributed by atoms with Crippen molar-refractivity contribution in [2.45, 2.75) is 11.4 Å². The molecule has 13 heteroatoms. The van der Waals surface area contributed by atoms with Crippen LogP contribution in [0, 0.1) is 10.1 Å². The number of aliphatic carboxylic acids is 2. The molecule has 1 heterocycles. The summed E-state index contributed by atoms with van der Waals surface area (Å²) in [7, 11) is -3.90. The molecule has 2 N–H and O–H groups in total. The van der Waals surface area contributed by atoms with Crippen LogP contribution in [0.3, 0.4) is 0 Å². The normalized spacial score (nSPS) is 14.8. The first-order valence-corrected chi connectivity index (χ1v) is 11.0. The zero-order chi connectivity index (χ0) is 23.9. The molecule has 0 spiro atoms. The SMILES string of the molecule is O=C(O)C(=O)O.O=[N+]([O-])c1ccccc1S(=O)(=O)N1CCN(Cc2ccccc2Cl)CC1. The highest BCUT2D eigenvalue weighted by Gasteiger charge is 2.33. The Bertz CT molecular complexity index is 1090. The number of piperazine rings is 1. The van der Waals surface area contributed by atoms with E-state index in [4.69, 9.17) is 31.4 Å². The molecule has 1 fully saturated rings. The summed E-state index contributed by atoms with van der Waals surface area (Å²) in [4.78, 5) is 30.5. The number of nitro groups is 1. The van der Waals surface area contributed by atoms with Crippen LogP contribution in [0.2, 0.25) is 5.02 Å². The predicted molar refractivity (Wildman–Crippen MR) is 114 cm³/mol. The summed E-state index contributed by atoms with van der Waals surface area (Å²) in [5.41, 5.74) is 0.593. The van der Waals surface area contributed by atoms with Crippen molar-refractivity contribution in [3.05, 3.63) is 69.2 Å². The van der Waals surface area contributed by atoms with Crippen molar-refractivity contribution in [2.75, 3.05) is 26.2 Å². The molecular weight excluding hydrogens is 466 g/mol. The summed E-state index contributed by atoms with van der Waals surface area (Å²) in [6, 6.07) is 13.0. The van der Waals surface area contributed by atoms with E-state index in [1.807, 2.05) is 24.3 Å². The predicted octanol–water partition coefficient (Wildman–Crippen LogP) is 1.91. The zero-order valence-corrected chi connectivity index (χ0v) is 18.2. The number of rotatable bonds is 5. The van der Waals surface area contributed by atoms with Crippen LogP contribution < -0.4 is 0 Å². The Hall–Kier alpha value is -3.06. The highest BCUT2D eigenvalue weighted by atomic mass is 35.5. The van der Waals surface area contributed by atoms with E-state index >= 15 is 0 Å². The molecule has 0 atom stereocenters. The first-order chi connectivity index (χ1) is 15.0. The molecule has 0 radical (unpaired) electrons. The monoisotopic (exact) mass is 485 g/mol. The summed E-state index contributed by atoms with van der Waals surface area (Å²) in [6.07, 6.45) is 0. The highest BCUT2D eigenvalue weighted by molar-refractivity contribution is 7.89. The van der Waals surface area contributed by atoms with Crippen LogP contribution in [-0.4, -0.2) is 70.9 Å². The molecule has 3 rings (SSSR count). The van der Waals surface area contributed by atoms with Crippen LogP contribution in [0.15, 0.2) is 53.4 Å². The second kappa shape index (κ2) is 11.0. The molecule has 0 unspecified atom stereocenters. The van der Waals surface area contributed by atoms with E-state index in [9.17, 15) is 18.5 Å². The number of hydrogen-bond acceptors (Lipinski definition) is 7. The lowest BCUT2D eigenvalue weighted by Gasteiger charge is -2.34. The Labute approximate surface area is 188 Å². The number of halogens is 1. The molecule has 11 nitrogen and oxygen atoms in total. The van der Waals surface area contributed by atoms with Gasteiger partial charge < -0.3 is 10.2 Å². The number of sulfonamides is 1. The highest BCUT2D eigenvalue weighted by Crippen LogP contribution is 2.27. The molecule has 32 heavy (non-hydrogen) atoms. The lowest BCUT2D eigenvalue weighted by molar-refractivity contribution is -0.387. The Morgan fingerprint density at radius 3 is 2.03 bits per heavy atom. The van der Waals surface area contributed by atoms with Crippen molar-refractivity contribution in [2.24, 2.45) is 0 Å². The maximum absolute atomic E-state index is 12.8. The number of hydrogen-bond donors (Lipinski definition) is 2. The average molecular weight is 486 g/mol. The van der Waals surface area contributed by atoms with Gasteiger partial charge in [0, 0.05) is 43.8 Å². The Balaban J connectivity index is 0.000000534. The van der Waals surface area contributed by atoms with E-state index in [0.717, 1.165) is 5.56 Å². The summed E-state index contributed by atoms with van der Waals surface area (Å²) in [5, 5.41) is 26.6. The van der Waals surface area contributed by atoms with Crippen molar-refractivity contribution >= 4 is 39.3 Å². The summed E-state index contributed by atoms with van der Waals surface area (Å²) in [6.45, 7) is 2.26. The minimum absolute atomic E-state index is 0.260. The van der Waals surface area contributed by atoms with Crippen molar-refractivity contribution in [3.63, 3.8) is 0 Å². The van der Waals surface area contributed by atoms with Crippen LogP contribution in [-0.2, 0) is 26.2 Å². The van der Waals surface area contributed by atoms with Crippen molar-refractivity contribution in [3.8, 4) is 0 Å². The number of para-hydroxylation sites is 1. The maximum Gasteiger partial charge on any atom is 0.414 e. The van der Waals surface area contributed by atoms with Gasteiger partial charge in [-0.05, 0) is 17.7 Å². The van der Waals surface area contributed by atoms with Gasteiger partial charge in [0.15, 0.2) is 4.90 Å². The van der Waals surface area contributed by atoms with Gasteiger partial charge in [0.25, 0.3) is 5.69 Å². The molecule has 1 aliphatic heterocycles. The standard InChI is InChI=1S/C17H18ClN3O4S.C2H2O4/c18-15-6-2-1-5-14(15)13-19-9-11-20(12-10-19)26(24,25)17-8-4-3-7-16(17)21(22)23;3-1(4)2(5)6/h1-8H,9-13H2;(H,3,4)(H,5,6). The van der Waals surface area contributed by atoms with Gasteiger partial charge in [-0.1, -0.05) is 41.9 Å². The van der Waals surface area contributed by atoms with Gasteiger partial charge in [-0.3, -0.25) is 15.0 Å². The Morgan fingerprint density at radius 2 is 1.50 bits per heavy atom. The Morgan fingerprint density at radius 1 is 0.969 bits per heavy atom. The lowest BCUT2D eigenvalue weighted by atomic mass is 10.2. The third-order valence-electron chi connectivity index (χ3n) is 4.55. The van der Waals surface area contributed by atoms with E-state index in [2.05, 4.69) is 4.90 Å². The van der Waals surface area contributed by atoms with Crippen LogP contribution in [0.4, 0.5) is 5.69 Å². The van der Waals surface area contributed by atoms with Gasteiger partial charge >= 0.3 is 11.9 Å². The quantitative estimate of drug-likeness (QED) is 0.366. The van der Waals surface area contributed by atoms with E-state index in [1.165, 1.54) is 28.6 Å². The van der Waals surface area contributed by atoms with E-state index in [-0.39, 0.29) is 18.0 Å². The van der Waals surface area contributed by atoms with Crippen molar-refractivity contribution < 1.29 is 33.1 Å². The number of carboxylic acids is 2. The molecule has 0 aromatic heterocycles. The van der Waals surface area contributed by atoms with Gasteiger partial charge in [0.2, 0.25) is 10.0 Å². The number of nitrogens with zero attached hydrogens (tertiary/aromatic N) is 3. The average Bonchev–Trinajstić information content (AvgIpc) is 2.76. The zero-order valence-electron chi connectivity index (χ0n) is 16.6. The molecule has 1 saturated heterocycles. The van der Waals surface area contributed by atoms with Gasteiger partial charge in [-0.25, -0.2) is 18.0 Å². The first kappa shape index (κ1) is 25.2. The molecule has 2 aromatic rings. The molecule has 172 valence electrons. The molecule has 0 bridgehead atoms. The minimum atomic E-state index is -3.90. The fourth-order valence-electron chi connectivity index (χ4n) is 2.96. The smallest absolute Gasteiger partial charge is 0.414 e. The second-order valence-electron chi connectivity index (χ2n) is 6.61. The summed E-state index contributed by atoms with van der Waals surface area (Å²) >= 11 is 6.18. The number of benzene rings is 2. The second-order valence-corrected chi connectivity index (χ2v) is 8.92. The molecule has 0 saturated carbocycles. The Kier molecular flexibility index (Phi) is 8.66. The van der Waals surface area contributed by atoms with E-state index in [0.29, 0.717) is 24.7 Å². The van der Waals surface area contributed by atoms with E-state index in [1.54, 1.807) is 0 Å². The largest absolute Gasteiger partial charge is 0.473 e. The number of nitro benzene ring substituents is 1. The lowest BCUT2D eigenvalue weighted by Crippen LogP contribution is -2.48.